The van der Waals surface area contributed by atoms with Crippen molar-refractivity contribution in [2.45, 2.75) is 12.5 Å². The van der Waals surface area contributed by atoms with Crippen molar-refractivity contribution in [2.24, 2.45) is 0 Å². The molecule has 0 fully saturated rings. The Morgan fingerprint density at radius 3 is 2.20 bits per heavy atom. The highest BCUT2D eigenvalue weighted by Gasteiger charge is 2.33. The first-order valence-corrected chi connectivity index (χ1v) is 7.73. The molecule has 0 aromatic heterocycles. The Morgan fingerprint density at radius 1 is 1.13 bits per heavy atom. The van der Waals surface area contributed by atoms with E-state index in [1.54, 1.807) is 14.2 Å². The van der Waals surface area contributed by atoms with E-state index < -0.39 is 8.56 Å². The SMILES string of the molecule is CO[Si](CCl)(CCc1ccccc1)OC. The zero-order chi connectivity index (χ0) is 11.1. The summed E-state index contributed by atoms with van der Waals surface area (Å²) in [6.07, 6.45) is 0.960. The summed E-state index contributed by atoms with van der Waals surface area (Å²) in [6, 6.07) is 11.2. The summed E-state index contributed by atoms with van der Waals surface area (Å²) in [5.74, 6) is 0. The van der Waals surface area contributed by atoms with Crippen LogP contribution in [-0.2, 0) is 15.3 Å². The molecule has 0 bridgehead atoms. The zero-order valence-corrected chi connectivity index (χ0v) is 11.0. The molecule has 0 amide bonds. The average molecular weight is 245 g/mol. The Kier molecular flexibility index (Phi) is 5.32. The van der Waals surface area contributed by atoms with Gasteiger partial charge in [-0.3, -0.25) is 0 Å². The van der Waals surface area contributed by atoms with Gasteiger partial charge < -0.3 is 8.85 Å². The third-order valence-corrected chi connectivity index (χ3v) is 6.71. The van der Waals surface area contributed by atoms with E-state index in [-0.39, 0.29) is 0 Å². The molecule has 0 heterocycles. The number of aryl methyl sites for hydroxylation is 1. The van der Waals surface area contributed by atoms with Crippen molar-refractivity contribution in [3.05, 3.63) is 35.9 Å². The predicted molar refractivity (Wildman–Crippen MR) is 65.4 cm³/mol. The van der Waals surface area contributed by atoms with Crippen LogP contribution in [0.2, 0.25) is 6.04 Å². The van der Waals surface area contributed by atoms with Gasteiger partial charge in [-0.25, -0.2) is 0 Å². The van der Waals surface area contributed by atoms with E-state index in [1.165, 1.54) is 5.56 Å². The summed E-state index contributed by atoms with van der Waals surface area (Å²) in [6.45, 7) is 0. The Labute approximate surface area is 97.4 Å². The zero-order valence-electron chi connectivity index (χ0n) is 9.20. The van der Waals surface area contributed by atoms with E-state index >= 15 is 0 Å². The maximum atomic E-state index is 5.90. The lowest BCUT2D eigenvalue weighted by atomic mass is 10.2. The van der Waals surface area contributed by atoms with Crippen LogP contribution in [0, 0.1) is 0 Å². The van der Waals surface area contributed by atoms with E-state index in [0.717, 1.165) is 12.5 Å². The standard InChI is InChI=1S/C11H17ClO2Si/c1-13-15(10-12,14-2)9-8-11-6-4-3-5-7-11/h3-7H,8-10H2,1-2H3. The Hall–Kier alpha value is -0.353. The molecule has 15 heavy (non-hydrogen) atoms. The summed E-state index contributed by atoms with van der Waals surface area (Å²) < 4.78 is 10.9. The van der Waals surface area contributed by atoms with E-state index in [9.17, 15) is 0 Å². The quantitative estimate of drug-likeness (QED) is 0.566. The molecule has 0 atom stereocenters. The van der Waals surface area contributed by atoms with Gasteiger partial charge in [0.25, 0.3) is 0 Å². The molecule has 0 N–H and O–H groups in total. The highest BCUT2D eigenvalue weighted by molar-refractivity contribution is 6.74. The Balaban J connectivity index is 2.54. The number of halogens is 1. The van der Waals surface area contributed by atoms with E-state index in [2.05, 4.69) is 12.1 Å². The molecule has 4 heteroatoms. The number of hydrogen-bond donors (Lipinski definition) is 0. The lowest BCUT2D eigenvalue weighted by Gasteiger charge is -2.24. The maximum Gasteiger partial charge on any atom is 0.353 e. The average Bonchev–Trinajstić information content (AvgIpc) is 2.33. The lowest BCUT2D eigenvalue weighted by molar-refractivity contribution is 0.248. The topological polar surface area (TPSA) is 18.5 Å². The van der Waals surface area contributed by atoms with Crippen molar-refractivity contribution >= 4 is 20.2 Å². The van der Waals surface area contributed by atoms with Crippen LogP contribution in [0.4, 0.5) is 0 Å². The fraction of sp³-hybridized carbons (Fsp3) is 0.455. The highest BCUT2D eigenvalue weighted by atomic mass is 35.5. The molecule has 0 aliphatic carbocycles. The van der Waals surface area contributed by atoms with Gasteiger partial charge in [-0.15, -0.1) is 11.6 Å². The van der Waals surface area contributed by atoms with E-state index in [0.29, 0.717) is 5.50 Å². The molecule has 1 aromatic carbocycles. The summed E-state index contributed by atoms with van der Waals surface area (Å²) in [4.78, 5) is 0. The number of alkyl halides is 1. The summed E-state index contributed by atoms with van der Waals surface area (Å²) in [5.41, 5.74) is 1.78. The molecule has 0 spiro atoms. The molecular formula is C11H17ClO2Si. The van der Waals surface area contributed by atoms with Gasteiger partial charge in [0, 0.05) is 14.2 Å². The monoisotopic (exact) mass is 244 g/mol. The Bertz CT molecular complexity index is 267. The second-order valence-electron chi connectivity index (χ2n) is 3.44. The second-order valence-corrected chi connectivity index (χ2v) is 7.65. The normalized spacial score (nSPS) is 11.7. The first-order chi connectivity index (χ1) is 7.26. The Morgan fingerprint density at radius 2 is 1.73 bits per heavy atom. The largest absolute Gasteiger partial charge is 0.397 e. The van der Waals surface area contributed by atoms with Crippen LogP contribution in [0.5, 0.6) is 0 Å². The minimum Gasteiger partial charge on any atom is -0.397 e. The lowest BCUT2D eigenvalue weighted by Crippen LogP contribution is -2.43. The fourth-order valence-electron chi connectivity index (χ4n) is 1.44. The summed E-state index contributed by atoms with van der Waals surface area (Å²) >= 11 is 5.90. The van der Waals surface area contributed by atoms with Gasteiger partial charge in [0.1, 0.15) is 0 Å². The molecule has 1 rings (SSSR count). The van der Waals surface area contributed by atoms with Crippen molar-refractivity contribution in [1.29, 1.82) is 0 Å². The van der Waals surface area contributed by atoms with Crippen LogP contribution in [0.15, 0.2) is 30.3 Å². The van der Waals surface area contributed by atoms with Gasteiger partial charge in [-0.1, -0.05) is 30.3 Å². The molecule has 0 saturated carbocycles. The molecule has 0 aliphatic rings. The van der Waals surface area contributed by atoms with Crippen molar-refractivity contribution in [2.75, 3.05) is 19.7 Å². The van der Waals surface area contributed by atoms with Gasteiger partial charge in [-0.2, -0.15) is 0 Å². The van der Waals surface area contributed by atoms with Crippen molar-refractivity contribution in [3.63, 3.8) is 0 Å². The summed E-state index contributed by atoms with van der Waals surface area (Å²) in [5, 5.41) is 0. The number of benzene rings is 1. The summed E-state index contributed by atoms with van der Waals surface area (Å²) in [7, 11) is 1.23. The number of rotatable bonds is 6. The van der Waals surface area contributed by atoms with Gasteiger partial charge in [0.15, 0.2) is 0 Å². The molecule has 0 aliphatic heterocycles. The van der Waals surface area contributed by atoms with Crippen LogP contribution in [-0.4, -0.2) is 28.3 Å². The first kappa shape index (κ1) is 12.7. The molecular weight excluding hydrogens is 228 g/mol. The van der Waals surface area contributed by atoms with Crippen LogP contribution >= 0.6 is 11.6 Å². The molecule has 2 nitrogen and oxygen atoms in total. The minimum absolute atomic E-state index is 0.479. The molecule has 1 aromatic rings. The predicted octanol–water partition coefficient (Wildman–Crippen LogP) is 2.74. The van der Waals surface area contributed by atoms with Crippen molar-refractivity contribution in [1.82, 2.24) is 0 Å². The minimum atomic E-state index is -2.13. The molecule has 0 unspecified atom stereocenters. The number of hydrogen-bond acceptors (Lipinski definition) is 2. The van der Waals surface area contributed by atoms with Gasteiger partial charge >= 0.3 is 8.56 Å². The third-order valence-electron chi connectivity index (χ3n) is 2.59. The van der Waals surface area contributed by atoms with Crippen LogP contribution in [0.1, 0.15) is 5.56 Å². The van der Waals surface area contributed by atoms with Crippen molar-refractivity contribution < 1.29 is 8.85 Å². The van der Waals surface area contributed by atoms with Gasteiger partial charge in [0.2, 0.25) is 0 Å². The van der Waals surface area contributed by atoms with Crippen LogP contribution < -0.4 is 0 Å². The van der Waals surface area contributed by atoms with E-state index in [1.807, 2.05) is 18.2 Å². The van der Waals surface area contributed by atoms with Gasteiger partial charge in [-0.05, 0) is 18.0 Å². The van der Waals surface area contributed by atoms with Crippen LogP contribution in [0.3, 0.4) is 0 Å². The molecule has 0 radical (unpaired) electrons. The molecule has 0 saturated heterocycles. The van der Waals surface area contributed by atoms with Gasteiger partial charge in [0.05, 0.1) is 5.50 Å². The second kappa shape index (κ2) is 6.28. The van der Waals surface area contributed by atoms with Crippen molar-refractivity contribution in [3.8, 4) is 0 Å². The maximum absolute atomic E-state index is 5.90. The van der Waals surface area contributed by atoms with E-state index in [4.69, 9.17) is 20.5 Å². The third kappa shape index (κ3) is 3.61. The smallest absolute Gasteiger partial charge is 0.353 e. The fourth-order valence-corrected chi connectivity index (χ4v) is 4.09. The molecule has 84 valence electrons. The first-order valence-electron chi connectivity index (χ1n) is 4.96. The van der Waals surface area contributed by atoms with Crippen LogP contribution in [0.25, 0.3) is 0 Å². The highest BCUT2D eigenvalue weighted by Crippen LogP contribution is 2.17.